The third-order valence-electron chi connectivity index (χ3n) is 8.32. The average Bonchev–Trinajstić information content (AvgIpc) is 2.96. The Kier molecular flexibility index (Phi) is 11.8. The van der Waals surface area contributed by atoms with Crippen LogP contribution in [0, 0.1) is 0 Å². The second-order valence-electron chi connectivity index (χ2n) is 11.0. The van der Waals surface area contributed by atoms with Crippen molar-refractivity contribution >= 4 is 0 Å². The summed E-state index contributed by atoms with van der Waals surface area (Å²) >= 11 is 0. The molecule has 0 aromatic heterocycles. The van der Waals surface area contributed by atoms with Crippen LogP contribution in [0.2, 0.25) is 0 Å². The maximum absolute atomic E-state index is 11.6. The fourth-order valence-electron chi connectivity index (χ4n) is 5.64. The summed E-state index contributed by atoms with van der Waals surface area (Å²) in [6.45, 7) is -5.63. The van der Waals surface area contributed by atoms with Gasteiger partial charge in [0.2, 0.25) is 0 Å². The highest BCUT2D eigenvalue weighted by Crippen LogP contribution is 2.36. The van der Waals surface area contributed by atoms with Crippen LogP contribution in [0.4, 0.5) is 0 Å². The second kappa shape index (κ2) is 13.9. The minimum Gasteiger partial charge on any atom is -0.395 e. The van der Waals surface area contributed by atoms with Crippen molar-refractivity contribution in [3.63, 3.8) is 0 Å². The Labute approximate surface area is 234 Å². The summed E-state index contributed by atoms with van der Waals surface area (Å²) in [4.78, 5) is 1.05. The third kappa shape index (κ3) is 6.70. The quantitative estimate of drug-likeness (QED) is 0.104. The van der Waals surface area contributed by atoms with Gasteiger partial charge in [-0.2, -0.15) is 0 Å². The van der Waals surface area contributed by atoms with Crippen LogP contribution in [-0.2, 0) is 14.2 Å². The molecule has 1 aliphatic carbocycles. The van der Waals surface area contributed by atoms with Gasteiger partial charge in [-0.25, -0.2) is 0 Å². The van der Waals surface area contributed by atoms with Crippen LogP contribution in [0.15, 0.2) is 0 Å². The molecule has 3 aliphatic rings. The van der Waals surface area contributed by atoms with Gasteiger partial charge in [-0.1, -0.05) is 0 Å². The van der Waals surface area contributed by atoms with E-state index < -0.39 is 143 Å². The Bertz CT molecular complexity index is 823. The lowest BCUT2D eigenvalue weighted by molar-refractivity contribution is -0.346. The Morgan fingerprint density at radius 1 is 0.732 bits per heavy atom. The van der Waals surface area contributed by atoms with Gasteiger partial charge in [0.15, 0.2) is 6.29 Å². The van der Waals surface area contributed by atoms with E-state index in [1.54, 1.807) is 0 Å². The Morgan fingerprint density at radius 3 is 1.88 bits per heavy atom. The van der Waals surface area contributed by atoms with Crippen LogP contribution < -0.4 is 0 Å². The molecule has 0 radical (unpaired) electrons. The summed E-state index contributed by atoms with van der Waals surface area (Å²) in [6, 6.07) is -2.71. The van der Waals surface area contributed by atoms with E-state index in [-0.39, 0.29) is 0 Å². The van der Waals surface area contributed by atoms with Crippen LogP contribution in [0.25, 0.3) is 0 Å². The van der Waals surface area contributed by atoms with Crippen molar-refractivity contribution in [2.75, 3.05) is 46.2 Å². The highest BCUT2D eigenvalue weighted by molar-refractivity contribution is 5.09. The number of aliphatic hydroxyl groups excluding tert-OH is 12. The summed E-state index contributed by atoms with van der Waals surface area (Å²) in [5.41, 5.74) is -4.73. The monoisotopic (exact) mass is 605 g/mol. The number of hydrogen-bond acceptors (Lipinski definition) is 18. The van der Waals surface area contributed by atoms with Crippen LogP contribution >= 0.6 is 0 Å². The van der Waals surface area contributed by atoms with E-state index in [0.717, 1.165) is 4.90 Å². The fraction of sp³-hybridized carbons (Fsp3) is 1.00. The second-order valence-corrected chi connectivity index (χ2v) is 11.0. The lowest BCUT2D eigenvalue weighted by atomic mass is 9.75. The summed E-state index contributed by atoms with van der Waals surface area (Å²) < 4.78 is 16.4. The summed E-state index contributed by atoms with van der Waals surface area (Å²) in [5.74, 6) is 0. The van der Waals surface area contributed by atoms with E-state index in [0.29, 0.717) is 0 Å². The molecule has 1 saturated carbocycles. The van der Waals surface area contributed by atoms with E-state index >= 15 is 0 Å². The maximum atomic E-state index is 11.6. The normalized spacial score (nSPS) is 47.7. The number of ether oxygens (including phenoxy) is 3. The van der Waals surface area contributed by atoms with E-state index in [2.05, 4.69) is 0 Å². The number of rotatable bonds is 11. The van der Waals surface area contributed by atoms with Crippen molar-refractivity contribution < 1.29 is 85.7 Å². The topological polar surface area (TPSA) is 314 Å². The van der Waals surface area contributed by atoms with Gasteiger partial charge in [0.1, 0.15) is 66.1 Å². The lowest BCUT2D eigenvalue weighted by Gasteiger charge is -2.53. The Morgan fingerprint density at radius 2 is 1.34 bits per heavy atom. The average molecular weight is 606 g/mol. The van der Waals surface area contributed by atoms with E-state index in [9.17, 15) is 71.5 Å². The van der Waals surface area contributed by atoms with Crippen LogP contribution in [0.3, 0.4) is 0 Å². The molecular weight excluding hydrogens is 562 g/mol. The van der Waals surface area contributed by atoms with Gasteiger partial charge in [-0.3, -0.25) is 4.90 Å². The molecule has 14 N–H and O–H groups in total. The zero-order valence-electron chi connectivity index (χ0n) is 22.1. The molecule has 0 amide bonds. The molecule has 18 nitrogen and oxygen atoms in total. The smallest absolute Gasteiger partial charge is 0.187 e. The minimum atomic E-state index is -2.40. The van der Waals surface area contributed by atoms with Gasteiger partial charge in [0.05, 0.1) is 51.8 Å². The largest absolute Gasteiger partial charge is 0.395 e. The molecule has 0 bridgehead atoms. The molecule has 18 heteroatoms. The molecule has 2 saturated heterocycles. The SMILES string of the molecule is OCC(CO)N(CC1(O)CO[C@H](CO)[C@@H](O[C@@H]2O[C@H](CO)[C@H](O)[C@H](O)[C@H]2O)[C@@H]1O)[C@@H]1C[C@@](O)(CO)[C@H](O)[C@@H](O)[C@@H]1O. The zero-order valence-corrected chi connectivity index (χ0v) is 22.1. The van der Waals surface area contributed by atoms with Gasteiger partial charge in [-0.15, -0.1) is 0 Å². The molecular formula is C23H43NO17. The number of hydrogen-bond donors (Lipinski definition) is 14. The molecule has 41 heavy (non-hydrogen) atoms. The molecule has 3 rings (SSSR count). The van der Waals surface area contributed by atoms with Crippen LogP contribution in [-0.4, -0.2) is 213 Å². The zero-order chi connectivity index (χ0) is 30.9. The van der Waals surface area contributed by atoms with Crippen molar-refractivity contribution in [1.29, 1.82) is 0 Å². The summed E-state index contributed by atoms with van der Waals surface area (Å²) in [5, 5.41) is 144. The minimum absolute atomic E-state index is 0.615. The third-order valence-corrected chi connectivity index (χ3v) is 8.32. The molecule has 1 unspecified atom stereocenters. The predicted octanol–water partition coefficient (Wildman–Crippen LogP) is -9.11. The van der Waals surface area contributed by atoms with Crippen molar-refractivity contribution in [2.45, 2.75) is 97.0 Å². The molecule has 0 aromatic carbocycles. The van der Waals surface area contributed by atoms with Gasteiger partial charge in [0.25, 0.3) is 0 Å². The predicted molar refractivity (Wildman–Crippen MR) is 130 cm³/mol. The summed E-state index contributed by atoms with van der Waals surface area (Å²) in [6.07, 6.45) is -20.1. The van der Waals surface area contributed by atoms with Crippen molar-refractivity contribution in [1.82, 2.24) is 4.90 Å². The van der Waals surface area contributed by atoms with Crippen molar-refractivity contribution in [2.24, 2.45) is 0 Å². The molecule has 242 valence electrons. The summed E-state index contributed by atoms with van der Waals surface area (Å²) in [7, 11) is 0. The van der Waals surface area contributed by atoms with E-state index in [4.69, 9.17) is 14.2 Å². The van der Waals surface area contributed by atoms with Crippen LogP contribution in [0.1, 0.15) is 6.42 Å². The Balaban J connectivity index is 1.91. The first kappa shape index (κ1) is 34.8. The van der Waals surface area contributed by atoms with Crippen molar-refractivity contribution in [3.05, 3.63) is 0 Å². The highest BCUT2D eigenvalue weighted by Gasteiger charge is 2.57. The number of aliphatic hydroxyl groups is 14. The molecule has 3 fully saturated rings. The molecule has 14 atom stereocenters. The maximum Gasteiger partial charge on any atom is 0.187 e. The van der Waals surface area contributed by atoms with Gasteiger partial charge >= 0.3 is 0 Å². The standard InChI is InChI=1S/C23H43NO17/c25-2-9(3-26)24(10-1-22(37,7-29)19(35)16(33)13(10)30)6-23(38)8-39-12(5-28)18(20(23)36)41-21-17(34)15(32)14(31)11(4-27)40-21/h9-21,25-38H,1-8H2/t10-,11-,12-,13-,14+,15+,16+,17-,18-,19-,20+,21+,22-,23?/m1/s1. The first-order valence-electron chi connectivity index (χ1n) is 13.2. The fourth-order valence-corrected chi connectivity index (χ4v) is 5.64. The van der Waals surface area contributed by atoms with Crippen LogP contribution in [0.5, 0.6) is 0 Å². The Hall–Kier alpha value is -0.720. The first-order valence-corrected chi connectivity index (χ1v) is 13.2. The van der Waals surface area contributed by atoms with E-state index in [1.807, 2.05) is 0 Å². The lowest BCUT2D eigenvalue weighted by Crippen LogP contribution is -2.73. The van der Waals surface area contributed by atoms with Gasteiger partial charge in [-0.05, 0) is 6.42 Å². The van der Waals surface area contributed by atoms with Gasteiger partial charge in [0, 0.05) is 12.6 Å². The molecule has 2 aliphatic heterocycles. The molecule has 0 spiro atoms. The van der Waals surface area contributed by atoms with Crippen molar-refractivity contribution in [3.8, 4) is 0 Å². The van der Waals surface area contributed by atoms with Gasteiger partial charge < -0.3 is 85.7 Å². The molecule has 0 aromatic rings. The first-order chi connectivity index (χ1) is 19.2. The number of nitrogens with zero attached hydrogens (tertiary/aromatic N) is 1. The molecule has 2 heterocycles. The van der Waals surface area contributed by atoms with E-state index in [1.165, 1.54) is 0 Å². The highest BCUT2D eigenvalue weighted by atomic mass is 16.7.